The van der Waals surface area contributed by atoms with Crippen LogP contribution in [-0.4, -0.2) is 37.2 Å². The molecule has 0 aromatic carbocycles. The van der Waals surface area contributed by atoms with Crippen LogP contribution in [0.2, 0.25) is 0 Å². The quantitative estimate of drug-likeness (QED) is 0.759. The molecule has 2 unspecified atom stereocenters. The summed E-state index contributed by atoms with van der Waals surface area (Å²) in [6.45, 7) is 6.81. The normalized spacial score (nSPS) is 33.1. The molecule has 0 aromatic heterocycles. The van der Waals surface area contributed by atoms with E-state index in [-0.39, 0.29) is 17.5 Å². The molecule has 2 atom stereocenters. The van der Waals surface area contributed by atoms with E-state index in [1.54, 1.807) is 0 Å². The summed E-state index contributed by atoms with van der Waals surface area (Å²) >= 11 is 0. The number of rotatable bonds is 2. The molecule has 2 rings (SSSR count). The first kappa shape index (κ1) is 12.8. The summed E-state index contributed by atoms with van der Waals surface area (Å²) in [4.78, 5) is 12.2. The maximum atomic E-state index is 12.2. The van der Waals surface area contributed by atoms with Gasteiger partial charge in [-0.25, -0.2) is 0 Å². The Bertz CT molecular complexity index is 275. The van der Waals surface area contributed by atoms with E-state index in [0.717, 1.165) is 39.0 Å². The molecule has 0 saturated carbocycles. The topological polar surface area (TPSA) is 50.4 Å². The average molecular weight is 240 g/mol. The van der Waals surface area contributed by atoms with Gasteiger partial charge in [0, 0.05) is 18.8 Å². The second kappa shape index (κ2) is 5.36. The van der Waals surface area contributed by atoms with Gasteiger partial charge in [0.1, 0.15) is 0 Å². The third kappa shape index (κ3) is 3.42. The lowest BCUT2D eigenvalue weighted by molar-refractivity contribution is -0.127. The van der Waals surface area contributed by atoms with Gasteiger partial charge in [-0.2, -0.15) is 0 Å². The van der Waals surface area contributed by atoms with E-state index in [9.17, 15) is 4.79 Å². The molecular formula is C13H24N2O2. The standard InChI is InChI=1S/C13H24N2O2/c1-10-3-6-14-11(9-10)12(16)15-13(2)4-7-17-8-5-13/h10-11,14H,3-9H2,1-2H3,(H,15,16). The molecule has 0 aliphatic carbocycles. The highest BCUT2D eigenvalue weighted by Gasteiger charge is 2.32. The molecule has 17 heavy (non-hydrogen) atoms. The molecule has 0 spiro atoms. The predicted octanol–water partition coefficient (Wildman–Crippen LogP) is 1.06. The second-order valence-corrected chi connectivity index (χ2v) is 5.80. The maximum absolute atomic E-state index is 12.2. The molecular weight excluding hydrogens is 216 g/mol. The molecule has 4 nitrogen and oxygen atoms in total. The van der Waals surface area contributed by atoms with E-state index < -0.39 is 0 Å². The first-order chi connectivity index (χ1) is 8.09. The van der Waals surface area contributed by atoms with Gasteiger partial charge in [-0.05, 0) is 45.1 Å². The van der Waals surface area contributed by atoms with E-state index in [1.165, 1.54) is 6.42 Å². The molecule has 0 aromatic rings. The van der Waals surface area contributed by atoms with E-state index in [0.29, 0.717) is 5.92 Å². The van der Waals surface area contributed by atoms with Gasteiger partial charge in [0.25, 0.3) is 0 Å². The molecule has 0 radical (unpaired) electrons. The smallest absolute Gasteiger partial charge is 0.237 e. The first-order valence-corrected chi connectivity index (χ1v) is 6.72. The van der Waals surface area contributed by atoms with Crippen molar-refractivity contribution in [3.8, 4) is 0 Å². The van der Waals surface area contributed by atoms with Gasteiger partial charge in [0.15, 0.2) is 0 Å². The van der Waals surface area contributed by atoms with Crippen LogP contribution < -0.4 is 10.6 Å². The number of carbonyl (C=O) groups excluding carboxylic acids is 1. The molecule has 2 N–H and O–H groups in total. The van der Waals surface area contributed by atoms with Crippen molar-refractivity contribution in [1.82, 2.24) is 10.6 Å². The third-order valence-corrected chi connectivity index (χ3v) is 4.00. The highest BCUT2D eigenvalue weighted by Crippen LogP contribution is 2.21. The molecule has 2 aliphatic rings. The van der Waals surface area contributed by atoms with Crippen LogP contribution in [0.5, 0.6) is 0 Å². The van der Waals surface area contributed by atoms with Crippen molar-refractivity contribution in [2.75, 3.05) is 19.8 Å². The highest BCUT2D eigenvalue weighted by atomic mass is 16.5. The Balaban J connectivity index is 1.87. The van der Waals surface area contributed by atoms with E-state index in [2.05, 4.69) is 24.5 Å². The summed E-state index contributed by atoms with van der Waals surface area (Å²) in [6.07, 6.45) is 3.97. The molecule has 2 saturated heterocycles. The van der Waals surface area contributed by atoms with Crippen LogP contribution in [-0.2, 0) is 9.53 Å². The summed E-state index contributed by atoms with van der Waals surface area (Å²) < 4.78 is 5.34. The van der Waals surface area contributed by atoms with Crippen molar-refractivity contribution in [3.05, 3.63) is 0 Å². The number of hydrogen-bond acceptors (Lipinski definition) is 3. The average Bonchev–Trinajstić information content (AvgIpc) is 2.29. The van der Waals surface area contributed by atoms with E-state index >= 15 is 0 Å². The molecule has 98 valence electrons. The van der Waals surface area contributed by atoms with Gasteiger partial charge in [0.2, 0.25) is 5.91 Å². The van der Waals surface area contributed by atoms with Crippen molar-refractivity contribution in [1.29, 1.82) is 0 Å². The molecule has 2 heterocycles. The zero-order valence-corrected chi connectivity index (χ0v) is 10.9. The molecule has 0 bridgehead atoms. The van der Waals surface area contributed by atoms with Gasteiger partial charge in [-0.15, -0.1) is 0 Å². The summed E-state index contributed by atoms with van der Waals surface area (Å²) in [5, 5.41) is 6.52. The van der Waals surface area contributed by atoms with Crippen LogP contribution in [0.25, 0.3) is 0 Å². The van der Waals surface area contributed by atoms with Crippen molar-refractivity contribution in [2.24, 2.45) is 5.92 Å². The van der Waals surface area contributed by atoms with E-state index in [1.807, 2.05) is 0 Å². The van der Waals surface area contributed by atoms with Crippen LogP contribution in [0.15, 0.2) is 0 Å². The fraction of sp³-hybridized carbons (Fsp3) is 0.923. The van der Waals surface area contributed by atoms with Crippen LogP contribution in [0.4, 0.5) is 0 Å². The lowest BCUT2D eigenvalue weighted by atomic mass is 9.90. The van der Waals surface area contributed by atoms with E-state index in [4.69, 9.17) is 4.74 Å². The number of hydrogen-bond donors (Lipinski definition) is 2. The molecule has 1 amide bonds. The first-order valence-electron chi connectivity index (χ1n) is 6.72. The summed E-state index contributed by atoms with van der Waals surface area (Å²) in [5.41, 5.74) is -0.0717. The van der Waals surface area contributed by atoms with Gasteiger partial charge in [-0.1, -0.05) is 6.92 Å². The Labute approximate surface area is 103 Å². The third-order valence-electron chi connectivity index (χ3n) is 4.00. The Morgan fingerprint density at radius 3 is 2.76 bits per heavy atom. The number of piperidine rings is 1. The minimum absolute atomic E-state index is 0.00146. The number of nitrogens with one attached hydrogen (secondary N) is 2. The van der Waals surface area contributed by atoms with Gasteiger partial charge in [-0.3, -0.25) is 4.79 Å². The van der Waals surface area contributed by atoms with Gasteiger partial charge in [0.05, 0.1) is 6.04 Å². The van der Waals surface area contributed by atoms with Crippen molar-refractivity contribution < 1.29 is 9.53 Å². The van der Waals surface area contributed by atoms with Gasteiger partial charge >= 0.3 is 0 Å². The Kier molecular flexibility index (Phi) is 4.05. The fourth-order valence-corrected chi connectivity index (χ4v) is 2.64. The second-order valence-electron chi connectivity index (χ2n) is 5.80. The molecule has 2 aliphatic heterocycles. The zero-order valence-electron chi connectivity index (χ0n) is 10.9. The minimum atomic E-state index is -0.0717. The van der Waals surface area contributed by atoms with Crippen LogP contribution >= 0.6 is 0 Å². The summed E-state index contributed by atoms with van der Waals surface area (Å²) in [5.74, 6) is 0.815. The molecule has 2 fully saturated rings. The Hall–Kier alpha value is -0.610. The summed E-state index contributed by atoms with van der Waals surface area (Å²) in [7, 11) is 0. The zero-order chi connectivity index (χ0) is 12.3. The molecule has 4 heteroatoms. The lowest BCUT2D eigenvalue weighted by Crippen LogP contribution is -2.56. The van der Waals surface area contributed by atoms with Crippen LogP contribution in [0.3, 0.4) is 0 Å². The summed E-state index contributed by atoms with van der Waals surface area (Å²) in [6, 6.07) is -0.00146. The minimum Gasteiger partial charge on any atom is -0.381 e. The maximum Gasteiger partial charge on any atom is 0.237 e. The monoisotopic (exact) mass is 240 g/mol. The highest BCUT2D eigenvalue weighted by molar-refractivity contribution is 5.82. The van der Waals surface area contributed by atoms with Crippen molar-refractivity contribution >= 4 is 5.91 Å². The predicted molar refractivity (Wildman–Crippen MR) is 66.8 cm³/mol. The van der Waals surface area contributed by atoms with Crippen molar-refractivity contribution in [2.45, 2.75) is 51.1 Å². The Morgan fingerprint density at radius 2 is 2.12 bits per heavy atom. The number of amides is 1. The van der Waals surface area contributed by atoms with Gasteiger partial charge < -0.3 is 15.4 Å². The van der Waals surface area contributed by atoms with Crippen molar-refractivity contribution in [3.63, 3.8) is 0 Å². The number of carbonyl (C=O) groups is 1. The van der Waals surface area contributed by atoms with Crippen LogP contribution in [0.1, 0.15) is 39.5 Å². The number of ether oxygens (including phenoxy) is 1. The SMILES string of the molecule is CC1CCNC(C(=O)NC2(C)CCOCC2)C1. The fourth-order valence-electron chi connectivity index (χ4n) is 2.64. The van der Waals surface area contributed by atoms with Crippen LogP contribution in [0, 0.1) is 5.92 Å². The largest absolute Gasteiger partial charge is 0.381 e. The lowest BCUT2D eigenvalue weighted by Gasteiger charge is -2.37. The Morgan fingerprint density at radius 1 is 1.41 bits per heavy atom.